The summed E-state index contributed by atoms with van der Waals surface area (Å²) in [5, 5.41) is 3.18. The fourth-order valence-electron chi connectivity index (χ4n) is 2.16. The number of hydrogen-bond donors (Lipinski definition) is 0. The van der Waals surface area contributed by atoms with Gasteiger partial charge in [-0.25, -0.2) is 4.98 Å². The van der Waals surface area contributed by atoms with Gasteiger partial charge in [0, 0.05) is 31.1 Å². The number of amides is 1. The van der Waals surface area contributed by atoms with Crippen LogP contribution in [-0.2, 0) is 11.2 Å². The van der Waals surface area contributed by atoms with Crippen molar-refractivity contribution in [1.29, 1.82) is 0 Å². The zero-order valence-corrected chi connectivity index (χ0v) is 10.1. The van der Waals surface area contributed by atoms with Gasteiger partial charge in [0.05, 0.1) is 5.01 Å². The highest BCUT2D eigenvalue weighted by molar-refractivity contribution is 7.09. The van der Waals surface area contributed by atoms with Crippen molar-refractivity contribution < 1.29 is 4.79 Å². The zero-order chi connectivity index (χ0) is 11.4. The molecule has 1 aromatic rings. The third kappa shape index (κ3) is 2.70. The number of aromatic nitrogens is 1. The number of piperidine rings is 1. The van der Waals surface area contributed by atoms with Crippen molar-refractivity contribution in [3.8, 4) is 0 Å². The van der Waals surface area contributed by atoms with Gasteiger partial charge in [0.15, 0.2) is 0 Å². The van der Waals surface area contributed by atoms with Gasteiger partial charge in [-0.05, 0) is 24.8 Å². The van der Waals surface area contributed by atoms with Crippen molar-refractivity contribution in [3.05, 3.63) is 29.2 Å². The summed E-state index contributed by atoms with van der Waals surface area (Å²) < 4.78 is 0. The molecule has 1 fully saturated rings. The van der Waals surface area contributed by atoms with Crippen LogP contribution in [0.4, 0.5) is 0 Å². The Hall–Kier alpha value is -1.16. The fourth-order valence-corrected chi connectivity index (χ4v) is 2.89. The molecule has 1 aliphatic heterocycles. The number of rotatable bonds is 3. The second-order valence-corrected chi connectivity index (χ2v) is 5.11. The first-order valence-corrected chi connectivity index (χ1v) is 6.47. The molecule has 16 heavy (non-hydrogen) atoms. The largest absolute Gasteiger partial charge is 0.339 e. The fraction of sp³-hybridized carbons (Fsp3) is 0.500. The van der Waals surface area contributed by atoms with Crippen LogP contribution in [0.2, 0.25) is 0 Å². The SMILES string of the molecule is C=CC(=O)N1CCCC(Cc2nccs2)C1. The van der Waals surface area contributed by atoms with Gasteiger partial charge in [-0.1, -0.05) is 6.58 Å². The van der Waals surface area contributed by atoms with Gasteiger partial charge in [-0.2, -0.15) is 0 Å². The Morgan fingerprint density at radius 2 is 2.62 bits per heavy atom. The molecule has 0 bridgehead atoms. The Morgan fingerprint density at radius 1 is 1.75 bits per heavy atom. The molecule has 0 aliphatic carbocycles. The lowest BCUT2D eigenvalue weighted by Gasteiger charge is -2.31. The molecule has 0 aromatic carbocycles. The minimum Gasteiger partial charge on any atom is -0.339 e. The number of carbonyl (C=O) groups excluding carboxylic acids is 1. The number of thiazole rings is 1. The third-order valence-electron chi connectivity index (χ3n) is 2.95. The average molecular weight is 236 g/mol. The normalized spacial score (nSPS) is 20.8. The molecule has 1 atom stereocenters. The van der Waals surface area contributed by atoms with E-state index in [4.69, 9.17) is 0 Å². The van der Waals surface area contributed by atoms with Gasteiger partial charge in [0.1, 0.15) is 0 Å². The van der Waals surface area contributed by atoms with Crippen molar-refractivity contribution in [2.75, 3.05) is 13.1 Å². The Labute approximate surface area is 99.8 Å². The molecule has 2 heterocycles. The Morgan fingerprint density at radius 3 is 3.31 bits per heavy atom. The van der Waals surface area contributed by atoms with Crippen LogP contribution in [0, 0.1) is 5.92 Å². The molecule has 0 spiro atoms. The second kappa shape index (κ2) is 5.25. The summed E-state index contributed by atoms with van der Waals surface area (Å²) in [5.41, 5.74) is 0. The molecular weight excluding hydrogens is 220 g/mol. The van der Waals surface area contributed by atoms with Crippen LogP contribution in [0.25, 0.3) is 0 Å². The Balaban J connectivity index is 1.91. The summed E-state index contributed by atoms with van der Waals surface area (Å²) in [6, 6.07) is 0. The average Bonchev–Trinajstić information content (AvgIpc) is 2.81. The minimum absolute atomic E-state index is 0.0591. The van der Waals surface area contributed by atoms with Crippen LogP contribution < -0.4 is 0 Å². The predicted molar refractivity (Wildman–Crippen MR) is 65.3 cm³/mol. The summed E-state index contributed by atoms with van der Waals surface area (Å²) in [6.45, 7) is 5.26. The van der Waals surface area contributed by atoms with Crippen LogP contribution in [-0.4, -0.2) is 28.9 Å². The maximum Gasteiger partial charge on any atom is 0.245 e. The van der Waals surface area contributed by atoms with E-state index in [2.05, 4.69) is 11.6 Å². The molecule has 1 aliphatic rings. The lowest BCUT2D eigenvalue weighted by Crippen LogP contribution is -2.39. The first-order valence-electron chi connectivity index (χ1n) is 5.59. The van der Waals surface area contributed by atoms with Crippen LogP contribution in [0.3, 0.4) is 0 Å². The van der Waals surface area contributed by atoms with E-state index in [1.165, 1.54) is 17.5 Å². The van der Waals surface area contributed by atoms with Crippen LogP contribution in [0.5, 0.6) is 0 Å². The lowest BCUT2D eigenvalue weighted by molar-refractivity contribution is -0.127. The molecule has 1 unspecified atom stereocenters. The summed E-state index contributed by atoms with van der Waals surface area (Å²) in [4.78, 5) is 17.7. The maximum atomic E-state index is 11.5. The molecular formula is C12H16N2OS. The van der Waals surface area contributed by atoms with E-state index >= 15 is 0 Å². The van der Waals surface area contributed by atoms with Gasteiger partial charge in [0.2, 0.25) is 5.91 Å². The molecule has 0 saturated carbocycles. The van der Waals surface area contributed by atoms with E-state index in [0.29, 0.717) is 5.92 Å². The van der Waals surface area contributed by atoms with Crippen LogP contribution in [0.1, 0.15) is 17.8 Å². The van der Waals surface area contributed by atoms with Crippen molar-refractivity contribution >= 4 is 17.2 Å². The molecule has 0 radical (unpaired) electrons. The maximum absolute atomic E-state index is 11.5. The molecule has 3 nitrogen and oxygen atoms in total. The van der Waals surface area contributed by atoms with Crippen molar-refractivity contribution in [1.82, 2.24) is 9.88 Å². The standard InChI is InChI=1S/C12H16N2OS/c1-2-12(15)14-6-3-4-10(9-14)8-11-13-5-7-16-11/h2,5,7,10H,1,3-4,6,8-9H2. The van der Waals surface area contributed by atoms with E-state index in [9.17, 15) is 4.79 Å². The van der Waals surface area contributed by atoms with Gasteiger partial charge < -0.3 is 4.90 Å². The molecule has 1 amide bonds. The van der Waals surface area contributed by atoms with Gasteiger partial charge in [0.25, 0.3) is 0 Å². The molecule has 1 saturated heterocycles. The van der Waals surface area contributed by atoms with E-state index < -0.39 is 0 Å². The lowest BCUT2D eigenvalue weighted by atomic mass is 9.95. The summed E-state index contributed by atoms with van der Waals surface area (Å²) in [6.07, 6.45) is 6.54. The smallest absolute Gasteiger partial charge is 0.245 e. The Bertz CT molecular complexity index is 361. The first kappa shape index (κ1) is 11.3. The summed E-state index contributed by atoms with van der Waals surface area (Å²) >= 11 is 1.70. The third-order valence-corrected chi connectivity index (χ3v) is 3.75. The summed E-state index contributed by atoms with van der Waals surface area (Å²) in [5.74, 6) is 0.618. The number of hydrogen-bond acceptors (Lipinski definition) is 3. The molecule has 1 aromatic heterocycles. The number of nitrogens with zero attached hydrogens (tertiary/aromatic N) is 2. The molecule has 4 heteroatoms. The van der Waals surface area contributed by atoms with Crippen molar-refractivity contribution in [2.24, 2.45) is 5.92 Å². The van der Waals surface area contributed by atoms with Gasteiger partial charge in [-0.3, -0.25) is 4.79 Å². The Kier molecular flexibility index (Phi) is 3.72. The number of carbonyl (C=O) groups is 1. The highest BCUT2D eigenvalue weighted by atomic mass is 32.1. The quantitative estimate of drug-likeness (QED) is 0.753. The van der Waals surface area contributed by atoms with E-state index in [-0.39, 0.29) is 5.91 Å². The first-order chi connectivity index (χ1) is 7.79. The van der Waals surface area contributed by atoms with Gasteiger partial charge >= 0.3 is 0 Å². The topological polar surface area (TPSA) is 33.2 Å². The highest BCUT2D eigenvalue weighted by Gasteiger charge is 2.22. The van der Waals surface area contributed by atoms with E-state index in [1.807, 2.05) is 16.5 Å². The predicted octanol–water partition coefficient (Wildman–Crippen LogP) is 2.11. The van der Waals surface area contributed by atoms with E-state index in [0.717, 1.165) is 25.9 Å². The zero-order valence-electron chi connectivity index (χ0n) is 9.26. The number of likely N-dealkylation sites (tertiary alicyclic amines) is 1. The summed E-state index contributed by atoms with van der Waals surface area (Å²) in [7, 11) is 0. The molecule has 86 valence electrons. The second-order valence-electron chi connectivity index (χ2n) is 4.13. The van der Waals surface area contributed by atoms with Crippen molar-refractivity contribution in [2.45, 2.75) is 19.3 Å². The monoisotopic (exact) mass is 236 g/mol. The molecule has 2 rings (SSSR count). The van der Waals surface area contributed by atoms with Crippen LogP contribution >= 0.6 is 11.3 Å². The molecule has 0 N–H and O–H groups in total. The van der Waals surface area contributed by atoms with Crippen LogP contribution in [0.15, 0.2) is 24.2 Å². The van der Waals surface area contributed by atoms with Gasteiger partial charge in [-0.15, -0.1) is 11.3 Å². The van der Waals surface area contributed by atoms with Crippen molar-refractivity contribution in [3.63, 3.8) is 0 Å². The minimum atomic E-state index is 0.0591. The van der Waals surface area contributed by atoms with E-state index in [1.54, 1.807) is 11.3 Å². The highest BCUT2D eigenvalue weighted by Crippen LogP contribution is 2.21.